The first kappa shape index (κ1) is 16.9. The monoisotopic (exact) mass is 304 g/mol. The van der Waals surface area contributed by atoms with Crippen LogP contribution in [0.25, 0.3) is 0 Å². The highest BCUT2D eigenvalue weighted by Gasteiger charge is 2.37. The average molecular weight is 304 g/mol. The highest BCUT2D eigenvalue weighted by atomic mass is 32.2. The zero-order valence-electron chi connectivity index (χ0n) is 12.6. The Kier molecular flexibility index (Phi) is 5.18. The number of nitrogens with zero attached hydrogens (tertiary/aromatic N) is 1. The van der Waals surface area contributed by atoms with E-state index in [1.165, 1.54) is 6.26 Å². The van der Waals surface area contributed by atoms with E-state index in [2.05, 4.69) is 5.32 Å². The summed E-state index contributed by atoms with van der Waals surface area (Å²) in [7, 11) is -3.02. The number of nitrogens with one attached hydrogen (secondary N) is 1. The smallest absolute Gasteiger partial charge is 0.245 e. The van der Waals surface area contributed by atoms with Gasteiger partial charge in [0.05, 0.1) is 5.75 Å². The Labute approximate surface area is 120 Å². The summed E-state index contributed by atoms with van der Waals surface area (Å²) >= 11 is 0. The maximum Gasteiger partial charge on any atom is 0.245 e. The first-order valence-corrected chi connectivity index (χ1v) is 8.82. The Hall–Kier alpha value is -1.11. The standard InChI is InChI=1S/C13H24N2O4S/c1-13(2,3)11-12(17)15(8-6-10(16)14-11)7-5-9-20(4,18)19/h11H,5-9H2,1-4H3,(H,14,16). The van der Waals surface area contributed by atoms with E-state index in [4.69, 9.17) is 0 Å². The Morgan fingerprint density at radius 1 is 1.30 bits per heavy atom. The van der Waals surface area contributed by atoms with Gasteiger partial charge in [-0.3, -0.25) is 9.59 Å². The van der Waals surface area contributed by atoms with Crippen LogP contribution in [0.2, 0.25) is 0 Å². The summed E-state index contributed by atoms with van der Waals surface area (Å²) in [5.74, 6) is -0.209. The van der Waals surface area contributed by atoms with Gasteiger partial charge in [-0.15, -0.1) is 0 Å². The molecule has 1 atom stereocenters. The van der Waals surface area contributed by atoms with Crippen LogP contribution in [0.3, 0.4) is 0 Å². The second-order valence-electron chi connectivity index (χ2n) is 6.43. The maximum atomic E-state index is 12.5. The lowest BCUT2D eigenvalue weighted by molar-refractivity contribution is -0.136. The first-order chi connectivity index (χ1) is 9.00. The first-order valence-electron chi connectivity index (χ1n) is 6.76. The lowest BCUT2D eigenvalue weighted by Gasteiger charge is -2.32. The predicted octanol–water partition coefficient (Wildman–Crippen LogP) is 0.184. The van der Waals surface area contributed by atoms with E-state index in [0.29, 0.717) is 19.5 Å². The van der Waals surface area contributed by atoms with Crippen LogP contribution in [-0.4, -0.2) is 56.3 Å². The van der Waals surface area contributed by atoms with Crippen LogP contribution in [0, 0.1) is 5.41 Å². The van der Waals surface area contributed by atoms with Crippen LogP contribution < -0.4 is 5.32 Å². The summed E-state index contributed by atoms with van der Waals surface area (Å²) in [5.41, 5.74) is -0.369. The van der Waals surface area contributed by atoms with Crippen LogP contribution in [0.1, 0.15) is 33.6 Å². The largest absolute Gasteiger partial charge is 0.344 e. The zero-order valence-corrected chi connectivity index (χ0v) is 13.4. The molecule has 20 heavy (non-hydrogen) atoms. The molecule has 116 valence electrons. The maximum absolute atomic E-state index is 12.5. The van der Waals surface area contributed by atoms with E-state index in [1.807, 2.05) is 20.8 Å². The van der Waals surface area contributed by atoms with Crippen LogP contribution >= 0.6 is 0 Å². The molecule has 0 aliphatic carbocycles. The summed E-state index contributed by atoms with van der Waals surface area (Å²) in [6, 6.07) is -0.560. The highest BCUT2D eigenvalue weighted by molar-refractivity contribution is 7.90. The lowest BCUT2D eigenvalue weighted by atomic mass is 9.86. The quantitative estimate of drug-likeness (QED) is 0.803. The molecule has 6 nitrogen and oxygen atoms in total. The molecule has 1 aliphatic rings. The molecule has 1 aliphatic heterocycles. The molecular formula is C13H24N2O4S. The van der Waals surface area contributed by atoms with Gasteiger partial charge in [0, 0.05) is 25.8 Å². The Morgan fingerprint density at radius 2 is 1.90 bits per heavy atom. The van der Waals surface area contributed by atoms with Crippen molar-refractivity contribution < 1.29 is 18.0 Å². The molecule has 0 radical (unpaired) electrons. The molecule has 7 heteroatoms. The van der Waals surface area contributed by atoms with Crippen molar-refractivity contribution in [3.05, 3.63) is 0 Å². The Morgan fingerprint density at radius 3 is 2.40 bits per heavy atom. The molecule has 1 heterocycles. The number of hydrogen-bond acceptors (Lipinski definition) is 4. The van der Waals surface area contributed by atoms with Gasteiger partial charge in [-0.25, -0.2) is 8.42 Å². The molecule has 2 amide bonds. The molecule has 0 spiro atoms. The number of sulfone groups is 1. The number of hydrogen-bond donors (Lipinski definition) is 1. The fourth-order valence-electron chi connectivity index (χ4n) is 2.15. The minimum Gasteiger partial charge on any atom is -0.344 e. The van der Waals surface area contributed by atoms with Crippen molar-refractivity contribution >= 4 is 21.7 Å². The third kappa shape index (κ3) is 5.11. The van der Waals surface area contributed by atoms with E-state index < -0.39 is 15.9 Å². The van der Waals surface area contributed by atoms with Crippen molar-refractivity contribution in [3.63, 3.8) is 0 Å². The molecule has 1 rings (SSSR count). The van der Waals surface area contributed by atoms with E-state index in [0.717, 1.165) is 0 Å². The van der Waals surface area contributed by atoms with Crippen molar-refractivity contribution in [2.24, 2.45) is 5.41 Å². The predicted molar refractivity (Wildman–Crippen MR) is 76.9 cm³/mol. The van der Waals surface area contributed by atoms with Gasteiger partial charge in [0.1, 0.15) is 15.9 Å². The van der Waals surface area contributed by atoms with Crippen molar-refractivity contribution in [3.8, 4) is 0 Å². The summed E-state index contributed by atoms with van der Waals surface area (Å²) in [4.78, 5) is 25.7. The van der Waals surface area contributed by atoms with Gasteiger partial charge in [-0.2, -0.15) is 0 Å². The van der Waals surface area contributed by atoms with E-state index in [-0.39, 0.29) is 29.4 Å². The number of amides is 2. The molecule has 1 saturated heterocycles. The van der Waals surface area contributed by atoms with E-state index in [1.54, 1.807) is 4.90 Å². The van der Waals surface area contributed by atoms with Gasteiger partial charge in [-0.05, 0) is 11.8 Å². The van der Waals surface area contributed by atoms with Gasteiger partial charge in [0.25, 0.3) is 0 Å². The van der Waals surface area contributed by atoms with Crippen LogP contribution in [0.4, 0.5) is 0 Å². The van der Waals surface area contributed by atoms with Crippen molar-refractivity contribution in [2.45, 2.75) is 39.7 Å². The van der Waals surface area contributed by atoms with Gasteiger partial charge in [0.2, 0.25) is 11.8 Å². The molecule has 1 fully saturated rings. The van der Waals surface area contributed by atoms with Crippen molar-refractivity contribution in [1.29, 1.82) is 0 Å². The zero-order chi connectivity index (χ0) is 15.6. The molecule has 0 saturated carbocycles. The molecule has 0 aromatic carbocycles. The Balaban J connectivity index is 2.75. The minimum atomic E-state index is -3.02. The summed E-state index contributed by atoms with van der Waals surface area (Å²) in [6.45, 7) is 6.41. The average Bonchev–Trinajstić information content (AvgIpc) is 2.39. The molecule has 0 aromatic rings. The van der Waals surface area contributed by atoms with Gasteiger partial charge in [-0.1, -0.05) is 20.8 Å². The molecule has 0 bridgehead atoms. The van der Waals surface area contributed by atoms with Crippen LogP contribution in [-0.2, 0) is 19.4 Å². The van der Waals surface area contributed by atoms with Crippen molar-refractivity contribution in [1.82, 2.24) is 10.2 Å². The fraction of sp³-hybridized carbons (Fsp3) is 0.846. The van der Waals surface area contributed by atoms with Gasteiger partial charge >= 0.3 is 0 Å². The summed E-state index contributed by atoms with van der Waals surface area (Å²) in [5, 5.41) is 2.76. The summed E-state index contributed by atoms with van der Waals surface area (Å²) in [6.07, 6.45) is 1.84. The molecule has 0 aromatic heterocycles. The third-order valence-electron chi connectivity index (χ3n) is 3.28. The van der Waals surface area contributed by atoms with Crippen molar-refractivity contribution in [2.75, 3.05) is 25.1 Å². The van der Waals surface area contributed by atoms with Gasteiger partial charge < -0.3 is 10.2 Å². The fourth-order valence-corrected chi connectivity index (χ4v) is 2.80. The SMILES string of the molecule is CC(C)(C)C1NC(=O)CCN(CCCS(C)(=O)=O)C1=O. The lowest BCUT2D eigenvalue weighted by Crippen LogP contribution is -2.52. The second-order valence-corrected chi connectivity index (χ2v) is 8.69. The number of rotatable bonds is 4. The highest BCUT2D eigenvalue weighted by Crippen LogP contribution is 2.23. The molecular weight excluding hydrogens is 280 g/mol. The van der Waals surface area contributed by atoms with Crippen LogP contribution in [0.5, 0.6) is 0 Å². The molecule has 1 N–H and O–H groups in total. The summed E-state index contributed by atoms with van der Waals surface area (Å²) < 4.78 is 22.3. The topological polar surface area (TPSA) is 83.6 Å². The number of carbonyl (C=O) groups is 2. The van der Waals surface area contributed by atoms with Crippen LogP contribution in [0.15, 0.2) is 0 Å². The number of carbonyl (C=O) groups excluding carboxylic acids is 2. The normalized spacial score (nSPS) is 21.6. The Bertz CT molecular complexity index is 479. The third-order valence-corrected chi connectivity index (χ3v) is 4.31. The molecule has 1 unspecified atom stereocenters. The minimum absolute atomic E-state index is 0.0539. The van der Waals surface area contributed by atoms with E-state index in [9.17, 15) is 18.0 Å². The van der Waals surface area contributed by atoms with E-state index >= 15 is 0 Å². The van der Waals surface area contributed by atoms with Gasteiger partial charge in [0.15, 0.2) is 0 Å². The second kappa shape index (κ2) is 6.11.